The van der Waals surface area contributed by atoms with Crippen molar-refractivity contribution < 1.29 is 19.4 Å². The van der Waals surface area contributed by atoms with Gasteiger partial charge in [-0.2, -0.15) is 0 Å². The first-order valence-corrected chi connectivity index (χ1v) is 7.96. The van der Waals surface area contributed by atoms with E-state index in [1.807, 2.05) is 37.3 Å². The third kappa shape index (κ3) is 7.81. The van der Waals surface area contributed by atoms with Crippen LogP contribution in [-0.2, 0) is 9.53 Å². The van der Waals surface area contributed by atoms with E-state index >= 15 is 0 Å². The molecular formula is C19H24O4Sn. The molecule has 24 heavy (non-hydrogen) atoms. The minimum absolute atomic E-state index is 0. The summed E-state index contributed by atoms with van der Waals surface area (Å²) >= 11 is 0. The molecule has 128 valence electrons. The maximum absolute atomic E-state index is 10.8. The Hall–Kier alpha value is -1.56. The molecule has 2 rings (SSSR count). The van der Waals surface area contributed by atoms with E-state index in [1.54, 1.807) is 12.1 Å². The molecular weight excluding hydrogens is 411 g/mol. The van der Waals surface area contributed by atoms with Crippen LogP contribution >= 0.6 is 0 Å². The molecule has 0 aliphatic rings. The Morgan fingerprint density at radius 3 is 2.29 bits per heavy atom. The van der Waals surface area contributed by atoms with Gasteiger partial charge in [-0.1, -0.05) is 56.2 Å². The fourth-order valence-electron chi connectivity index (χ4n) is 2.16. The van der Waals surface area contributed by atoms with Gasteiger partial charge in [0.1, 0.15) is 0 Å². The monoisotopic (exact) mass is 436 g/mol. The average Bonchev–Trinajstić information content (AvgIpc) is 2.55. The molecule has 0 spiro atoms. The SMILES string of the molecule is CCCCCC(=O)OCC.O=C(O)c1cccc2ccccc12.[Sn]. The molecule has 0 heterocycles. The Kier molecular flexibility index (Phi) is 12.0. The number of benzene rings is 2. The van der Waals surface area contributed by atoms with Gasteiger partial charge >= 0.3 is 11.9 Å². The number of carboxylic acid groups (broad SMARTS) is 1. The van der Waals surface area contributed by atoms with Gasteiger partial charge in [0.2, 0.25) is 0 Å². The zero-order valence-electron chi connectivity index (χ0n) is 14.2. The minimum Gasteiger partial charge on any atom is -0.478 e. The van der Waals surface area contributed by atoms with Crippen molar-refractivity contribution in [1.29, 1.82) is 0 Å². The van der Waals surface area contributed by atoms with Crippen molar-refractivity contribution in [3.8, 4) is 0 Å². The molecule has 0 amide bonds. The second-order valence-corrected chi connectivity index (χ2v) is 5.09. The van der Waals surface area contributed by atoms with Crippen molar-refractivity contribution in [2.24, 2.45) is 0 Å². The van der Waals surface area contributed by atoms with Gasteiger partial charge in [0.05, 0.1) is 12.2 Å². The molecule has 0 aliphatic carbocycles. The van der Waals surface area contributed by atoms with Gasteiger partial charge in [0, 0.05) is 30.3 Å². The van der Waals surface area contributed by atoms with Crippen molar-refractivity contribution in [3.63, 3.8) is 0 Å². The van der Waals surface area contributed by atoms with E-state index in [-0.39, 0.29) is 29.9 Å². The van der Waals surface area contributed by atoms with Crippen LogP contribution in [0.2, 0.25) is 0 Å². The predicted octanol–water partition coefficient (Wildman–Crippen LogP) is 4.29. The van der Waals surface area contributed by atoms with Crippen LogP contribution in [0.5, 0.6) is 0 Å². The number of carbonyl (C=O) groups is 2. The Bertz CT molecular complexity index is 635. The van der Waals surface area contributed by atoms with Crippen molar-refractivity contribution in [3.05, 3.63) is 48.0 Å². The Morgan fingerprint density at radius 1 is 1.00 bits per heavy atom. The summed E-state index contributed by atoms with van der Waals surface area (Å²) in [7, 11) is 0. The molecule has 0 unspecified atom stereocenters. The molecule has 5 heteroatoms. The van der Waals surface area contributed by atoms with Crippen LogP contribution in [0.25, 0.3) is 10.8 Å². The number of unbranched alkanes of at least 4 members (excludes halogenated alkanes) is 2. The fraction of sp³-hybridized carbons (Fsp3) is 0.368. The molecule has 0 bridgehead atoms. The number of aromatic carboxylic acids is 1. The van der Waals surface area contributed by atoms with E-state index < -0.39 is 5.97 Å². The number of ether oxygens (including phenoxy) is 1. The van der Waals surface area contributed by atoms with E-state index in [0.717, 1.165) is 30.0 Å². The zero-order chi connectivity index (χ0) is 17.1. The molecule has 0 aliphatic heterocycles. The van der Waals surface area contributed by atoms with Crippen LogP contribution in [0, 0.1) is 0 Å². The quantitative estimate of drug-likeness (QED) is 0.418. The Balaban J connectivity index is 0.000000441. The van der Waals surface area contributed by atoms with Crippen LogP contribution < -0.4 is 0 Å². The van der Waals surface area contributed by atoms with Crippen molar-refractivity contribution in [1.82, 2.24) is 0 Å². The third-order valence-corrected chi connectivity index (χ3v) is 3.31. The molecule has 2 aromatic rings. The van der Waals surface area contributed by atoms with Crippen LogP contribution in [0.4, 0.5) is 0 Å². The van der Waals surface area contributed by atoms with Gasteiger partial charge < -0.3 is 9.84 Å². The maximum Gasteiger partial charge on any atom is 0.336 e. The molecule has 2 aromatic carbocycles. The summed E-state index contributed by atoms with van der Waals surface area (Å²) in [6.45, 7) is 4.45. The summed E-state index contributed by atoms with van der Waals surface area (Å²) in [5.74, 6) is -0.937. The number of fused-ring (bicyclic) bond motifs is 1. The van der Waals surface area contributed by atoms with Gasteiger partial charge in [-0.15, -0.1) is 0 Å². The predicted molar refractivity (Wildman–Crippen MR) is 97.4 cm³/mol. The molecule has 0 saturated heterocycles. The van der Waals surface area contributed by atoms with Crippen LogP contribution in [0.3, 0.4) is 0 Å². The van der Waals surface area contributed by atoms with Crippen LogP contribution in [0.15, 0.2) is 42.5 Å². The number of hydrogen-bond acceptors (Lipinski definition) is 3. The first-order chi connectivity index (χ1) is 11.1. The van der Waals surface area contributed by atoms with Crippen molar-refractivity contribution >= 4 is 46.6 Å². The van der Waals surface area contributed by atoms with E-state index in [4.69, 9.17) is 9.84 Å². The average molecular weight is 435 g/mol. The fourth-order valence-corrected chi connectivity index (χ4v) is 2.16. The summed E-state index contributed by atoms with van der Waals surface area (Å²) < 4.78 is 4.75. The third-order valence-electron chi connectivity index (χ3n) is 3.31. The Labute approximate surface area is 160 Å². The van der Waals surface area contributed by atoms with Gasteiger partial charge in [-0.25, -0.2) is 4.79 Å². The summed E-state index contributed by atoms with van der Waals surface area (Å²) in [4.78, 5) is 21.5. The van der Waals surface area contributed by atoms with Crippen LogP contribution in [-0.4, -0.2) is 47.6 Å². The van der Waals surface area contributed by atoms with E-state index in [1.165, 1.54) is 0 Å². The summed E-state index contributed by atoms with van der Waals surface area (Å²) in [6.07, 6.45) is 3.83. The zero-order valence-corrected chi connectivity index (χ0v) is 17.1. The number of esters is 1. The Morgan fingerprint density at radius 2 is 1.67 bits per heavy atom. The molecule has 0 saturated carbocycles. The second-order valence-electron chi connectivity index (χ2n) is 5.09. The first-order valence-electron chi connectivity index (χ1n) is 7.96. The molecule has 4 radical (unpaired) electrons. The summed E-state index contributed by atoms with van der Waals surface area (Å²) in [5, 5.41) is 10.6. The molecule has 0 fully saturated rings. The van der Waals surface area contributed by atoms with E-state index in [0.29, 0.717) is 18.6 Å². The number of rotatable bonds is 6. The van der Waals surface area contributed by atoms with E-state index in [2.05, 4.69) is 6.92 Å². The van der Waals surface area contributed by atoms with Crippen molar-refractivity contribution in [2.45, 2.75) is 39.5 Å². The van der Waals surface area contributed by atoms with Gasteiger partial charge in [-0.3, -0.25) is 4.79 Å². The topological polar surface area (TPSA) is 63.6 Å². The standard InChI is InChI=1S/C11H8O2.C8H16O2.Sn/c12-11(13)10-7-3-5-8-4-1-2-6-9(8)10;1-3-5-6-7-8(9)10-4-2;/h1-7H,(H,12,13);3-7H2,1-2H3;. The molecule has 0 atom stereocenters. The van der Waals surface area contributed by atoms with Gasteiger partial charge in [-0.05, 0) is 30.2 Å². The summed E-state index contributed by atoms with van der Waals surface area (Å²) in [6, 6.07) is 12.7. The smallest absolute Gasteiger partial charge is 0.336 e. The molecule has 0 aromatic heterocycles. The number of hydrogen-bond donors (Lipinski definition) is 1. The second kappa shape index (κ2) is 12.8. The van der Waals surface area contributed by atoms with E-state index in [9.17, 15) is 9.59 Å². The number of carboxylic acids is 1. The summed E-state index contributed by atoms with van der Waals surface area (Å²) in [5.41, 5.74) is 0.359. The van der Waals surface area contributed by atoms with Crippen LogP contribution in [0.1, 0.15) is 49.9 Å². The number of carbonyl (C=O) groups excluding carboxylic acids is 1. The molecule has 1 N–H and O–H groups in total. The van der Waals surface area contributed by atoms with Gasteiger partial charge in [0.25, 0.3) is 0 Å². The normalized spacial score (nSPS) is 9.42. The van der Waals surface area contributed by atoms with Gasteiger partial charge in [0.15, 0.2) is 0 Å². The largest absolute Gasteiger partial charge is 0.478 e. The maximum atomic E-state index is 10.8. The van der Waals surface area contributed by atoms with Crippen molar-refractivity contribution in [2.75, 3.05) is 6.61 Å². The minimum atomic E-state index is -0.878. The molecule has 4 nitrogen and oxygen atoms in total. The first kappa shape index (κ1) is 22.4.